The van der Waals surface area contributed by atoms with Gasteiger partial charge < -0.3 is 0 Å². The maximum absolute atomic E-state index is 2.27. The van der Waals surface area contributed by atoms with Crippen LogP contribution in [0.2, 0.25) is 0 Å². The van der Waals surface area contributed by atoms with E-state index in [1.54, 1.807) is 0 Å². The summed E-state index contributed by atoms with van der Waals surface area (Å²) in [6.45, 7) is 16.6. The lowest BCUT2D eigenvalue weighted by Gasteiger charge is -2.11. The van der Waals surface area contributed by atoms with E-state index >= 15 is 0 Å². The minimum absolute atomic E-state index is 1.30. The Morgan fingerprint density at radius 2 is 1.41 bits per heavy atom. The second-order valence-electron chi connectivity index (χ2n) is 4.82. The van der Waals surface area contributed by atoms with Gasteiger partial charge in [-0.2, -0.15) is 0 Å². The Labute approximate surface area is 137 Å². The van der Waals surface area contributed by atoms with Crippen LogP contribution in [0.3, 0.4) is 0 Å². The van der Waals surface area contributed by atoms with Crippen molar-refractivity contribution in [3.05, 3.63) is 64.7 Å². The SMILES string of the molecule is C/C=C\c1cc(-c2cccc(C)c2C)ccc1C.CC.CC. The largest absolute Gasteiger partial charge is 0.0871 e. The van der Waals surface area contributed by atoms with Crippen molar-refractivity contribution in [3.8, 4) is 11.1 Å². The first-order valence-corrected chi connectivity index (χ1v) is 8.43. The van der Waals surface area contributed by atoms with Gasteiger partial charge in [0.05, 0.1) is 0 Å². The summed E-state index contributed by atoms with van der Waals surface area (Å²) in [5, 5.41) is 0. The molecule has 2 aromatic carbocycles. The van der Waals surface area contributed by atoms with Crippen LogP contribution in [0.15, 0.2) is 42.5 Å². The third-order valence-corrected chi connectivity index (χ3v) is 3.54. The molecule has 0 saturated heterocycles. The molecule has 0 aliphatic heterocycles. The summed E-state index contributed by atoms with van der Waals surface area (Å²) in [5.41, 5.74) is 7.97. The van der Waals surface area contributed by atoms with Gasteiger partial charge in [-0.25, -0.2) is 0 Å². The van der Waals surface area contributed by atoms with E-state index in [0.29, 0.717) is 0 Å². The molecule has 0 heterocycles. The molecule has 0 atom stereocenters. The maximum atomic E-state index is 2.27. The molecule has 120 valence electrons. The van der Waals surface area contributed by atoms with Gasteiger partial charge in [0.15, 0.2) is 0 Å². The van der Waals surface area contributed by atoms with Gasteiger partial charge in [-0.1, -0.05) is 70.2 Å². The molecule has 22 heavy (non-hydrogen) atoms. The molecule has 0 saturated carbocycles. The summed E-state index contributed by atoms with van der Waals surface area (Å²) >= 11 is 0. The number of aryl methyl sites for hydroxylation is 2. The number of rotatable bonds is 2. The van der Waals surface area contributed by atoms with Crippen molar-refractivity contribution in [2.24, 2.45) is 0 Å². The van der Waals surface area contributed by atoms with Crippen LogP contribution in [0.5, 0.6) is 0 Å². The molecule has 0 radical (unpaired) electrons. The second-order valence-corrected chi connectivity index (χ2v) is 4.82. The van der Waals surface area contributed by atoms with E-state index in [1.807, 2.05) is 27.7 Å². The molecule has 0 fully saturated rings. The molecular weight excluding hydrogens is 264 g/mol. The summed E-state index contributed by atoms with van der Waals surface area (Å²) in [6, 6.07) is 13.2. The fourth-order valence-corrected chi connectivity index (χ4v) is 2.23. The van der Waals surface area contributed by atoms with Gasteiger partial charge in [-0.15, -0.1) is 0 Å². The number of allylic oxidation sites excluding steroid dienone is 1. The highest BCUT2D eigenvalue weighted by molar-refractivity contribution is 5.72. The highest BCUT2D eigenvalue weighted by Gasteiger charge is 2.05. The Bertz CT molecular complexity index is 589. The van der Waals surface area contributed by atoms with Crippen molar-refractivity contribution in [3.63, 3.8) is 0 Å². The second kappa shape index (κ2) is 10.8. The zero-order valence-electron chi connectivity index (χ0n) is 15.6. The van der Waals surface area contributed by atoms with Gasteiger partial charge >= 0.3 is 0 Å². The van der Waals surface area contributed by atoms with E-state index in [1.165, 1.54) is 33.4 Å². The number of benzene rings is 2. The van der Waals surface area contributed by atoms with Gasteiger partial charge in [0, 0.05) is 0 Å². The molecule has 0 aromatic heterocycles. The van der Waals surface area contributed by atoms with E-state index in [-0.39, 0.29) is 0 Å². The van der Waals surface area contributed by atoms with Crippen molar-refractivity contribution in [1.29, 1.82) is 0 Å². The monoisotopic (exact) mass is 296 g/mol. The minimum atomic E-state index is 1.30. The van der Waals surface area contributed by atoms with Gasteiger partial charge in [0.25, 0.3) is 0 Å². The van der Waals surface area contributed by atoms with Crippen LogP contribution in [-0.4, -0.2) is 0 Å². The quantitative estimate of drug-likeness (QED) is 0.543. The van der Waals surface area contributed by atoms with Crippen molar-refractivity contribution in [2.45, 2.75) is 55.4 Å². The average Bonchev–Trinajstić information content (AvgIpc) is 2.56. The lowest BCUT2D eigenvalue weighted by atomic mass is 9.94. The zero-order valence-corrected chi connectivity index (χ0v) is 15.6. The molecule has 2 aromatic rings. The van der Waals surface area contributed by atoms with E-state index in [2.05, 4.69) is 76.2 Å². The molecule has 0 N–H and O–H groups in total. The van der Waals surface area contributed by atoms with Gasteiger partial charge in [0.2, 0.25) is 0 Å². The summed E-state index contributed by atoms with van der Waals surface area (Å²) in [6.07, 6.45) is 4.26. The molecule has 0 spiro atoms. The minimum Gasteiger partial charge on any atom is -0.0871 e. The van der Waals surface area contributed by atoms with Gasteiger partial charge in [-0.05, 0) is 67.1 Å². The van der Waals surface area contributed by atoms with Crippen LogP contribution in [0.1, 0.15) is 56.9 Å². The normalized spacial score (nSPS) is 9.64. The van der Waals surface area contributed by atoms with Crippen LogP contribution in [0, 0.1) is 20.8 Å². The smallest absolute Gasteiger partial charge is 0.0152 e. The van der Waals surface area contributed by atoms with Gasteiger partial charge in [0.1, 0.15) is 0 Å². The molecule has 0 nitrogen and oxygen atoms in total. The molecule has 0 heteroatoms. The van der Waals surface area contributed by atoms with Crippen LogP contribution >= 0.6 is 0 Å². The topological polar surface area (TPSA) is 0 Å². The summed E-state index contributed by atoms with van der Waals surface area (Å²) in [7, 11) is 0. The molecular formula is C22H32. The van der Waals surface area contributed by atoms with Crippen LogP contribution in [0.25, 0.3) is 17.2 Å². The third kappa shape index (κ3) is 5.18. The summed E-state index contributed by atoms with van der Waals surface area (Å²) in [5.74, 6) is 0. The highest BCUT2D eigenvalue weighted by Crippen LogP contribution is 2.27. The number of hydrogen-bond acceptors (Lipinski definition) is 0. The Hall–Kier alpha value is -1.82. The first kappa shape index (κ1) is 20.2. The lowest BCUT2D eigenvalue weighted by molar-refractivity contribution is 1.33. The Morgan fingerprint density at radius 1 is 0.773 bits per heavy atom. The molecule has 0 aliphatic carbocycles. The Balaban J connectivity index is 0.00000102. The fourth-order valence-electron chi connectivity index (χ4n) is 2.23. The van der Waals surface area contributed by atoms with Gasteiger partial charge in [-0.3, -0.25) is 0 Å². The predicted octanol–water partition coefficient (Wildman–Crippen LogP) is 7.36. The van der Waals surface area contributed by atoms with Crippen molar-refractivity contribution in [1.82, 2.24) is 0 Å². The average molecular weight is 296 g/mol. The molecule has 0 aliphatic rings. The molecule has 2 rings (SSSR count). The Morgan fingerprint density at radius 3 is 2.00 bits per heavy atom. The summed E-state index contributed by atoms with van der Waals surface area (Å²) in [4.78, 5) is 0. The maximum Gasteiger partial charge on any atom is -0.0152 e. The number of hydrogen-bond donors (Lipinski definition) is 0. The molecule has 0 amide bonds. The van der Waals surface area contributed by atoms with Crippen LogP contribution in [0.4, 0.5) is 0 Å². The van der Waals surface area contributed by atoms with E-state index < -0.39 is 0 Å². The third-order valence-electron chi connectivity index (χ3n) is 3.54. The molecule has 0 bridgehead atoms. The fraction of sp³-hybridized carbons (Fsp3) is 0.364. The van der Waals surface area contributed by atoms with Crippen molar-refractivity contribution >= 4 is 6.08 Å². The lowest BCUT2D eigenvalue weighted by Crippen LogP contribution is -1.89. The first-order valence-electron chi connectivity index (χ1n) is 8.43. The van der Waals surface area contributed by atoms with E-state index in [9.17, 15) is 0 Å². The standard InChI is InChI=1S/C18H20.2C2H6/c1-5-7-16-12-17(11-10-14(16)3)18-9-6-8-13(2)15(18)4;2*1-2/h5-12H,1-4H3;2*1-2H3/b7-5-;;. The van der Waals surface area contributed by atoms with Crippen molar-refractivity contribution < 1.29 is 0 Å². The summed E-state index contributed by atoms with van der Waals surface area (Å²) < 4.78 is 0. The highest BCUT2D eigenvalue weighted by atomic mass is 14.1. The van der Waals surface area contributed by atoms with Crippen molar-refractivity contribution in [2.75, 3.05) is 0 Å². The van der Waals surface area contributed by atoms with Crippen LogP contribution in [-0.2, 0) is 0 Å². The van der Waals surface area contributed by atoms with E-state index in [4.69, 9.17) is 0 Å². The van der Waals surface area contributed by atoms with E-state index in [0.717, 1.165) is 0 Å². The predicted molar refractivity (Wildman–Crippen MR) is 103 cm³/mol. The van der Waals surface area contributed by atoms with Crippen LogP contribution < -0.4 is 0 Å². The zero-order chi connectivity index (χ0) is 17.1. The Kier molecular flexibility index (Phi) is 9.95. The molecule has 0 unspecified atom stereocenters. The first-order chi connectivity index (χ1) is 10.6.